The third-order valence-electron chi connectivity index (χ3n) is 2.48. The quantitative estimate of drug-likeness (QED) is 0.491. The van der Waals surface area contributed by atoms with Gasteiger partial charge in [-0.1, -0.05) is 24.8 Å². The van der Waals surface area contributed by atoms with Crippen LogP contribution in [0, 0.1) is 0 Å². The molecule has 2 rings (SSSR count). The average Bonchev–Trinajstić information content (AvgIpc) is 2.34. The molecule has 1 aliphatic rings. The number of aliphatic hydroxyl groups is 1. The summed E-state index contributed by atoms with van der Waals surface area (Å²) in [7, 11) is 0. The maximum absolute atomic E-state index is 12.0. The topological polar surface area (TPSA) is 75.2 Å². The molecule has 0 aliphatic carbocycles. The molecule has 2 heterocycles. The number of aromatic nitrogens is 2. The zero-order valence-electron chi connectivity index (χ0n) is 9.97. The number of aliphatic hydroxyl groups excluding tert-OH is 1. The van der Waals surface area contributed by atoms with Gasteiger partial charge in [0.15, 0.2) is 5.16 Å². The minimum atomic E-state index is -1.04. The molecule has 0 aromatic carbocycles. The normalized spacial score (nSPS) is 17.7. The highest BCUT2D eigenvalue weighted by atomic mass is 32.2. The summed E-state index contributed by atoms with van der Waals surface area (Å²) in [4.78, 5) is 18.9. The second-order valence-electron chi connectivity index (χ2n) is 3.70. The van der Waals surface area contributed by atoms with Crippen molar-refractivity contribution in [2.75, 3.05) is 5.75 Å². The van der Waals surface area contributed by atoms with Crippen molar-refractivity contribution in [1.29, 1.82) is 0 Å². The molecule has 5 nitrogen and oxygen atoms in total. The molecule has 1 aliphatic heterocycles. The van der Waals surface area contributed by atoms with Crippen molar-refractivity contribution < 1.29 is 9.84 Å². The summed E-state index contributed by atoms with van der Waals surface area (Å²) in [5.41, 5.74) is 0.912. The molecular weight excluding hydrogens is 252 g/mol. The Morgan fingerprint density at radius 2 is 2.50 bits per heavy atom. The molecule has 2 N–H and O–H groups in total. The smallest absolute Gasteiger partial charge is 0.262 e. The number of hydrogen-bond donors (Lipinski definition) is 2. The molecule has 0 radical (unpaired) electrons. The summed E-state index contributed by atoms with van der Waals surface area (Å²) in [5.74, 6) is 0.831. The summed E-state index contributed by atoms with van der Waals surface area (Å²) in [6.07, 6.45) is 2.84. The molecule has 0 saturated carbocycles. The van der Waals surface area contributed by atoms with Gasteiger partial charge in [-0.15, -0.1) is 6.58 Å². The standard InChI is InChI=1S/C12H14N2O3S/c1-3-5-18-12-13-10(16)9-7(4-2)6-8(15)17-11(9)14-12/h3,6,8,15H,1,4-5H2,2H3,(H,13,14,16). The van der Waals surface area contributed by atoms with E-state index in [1.807, 2.05) is 6.92 Å². The van der Waals surface area contributed by atoms with Crippen molar-refractivity contribution in [3.05, 3.63) is 34.6 Å². The second-order valence-corrected chi connectivity index (χ2v) is 4.71. The van der Waals surface area contributed by atoms with E-state index in [9.17, 15) is 9.90 Å². The number of nitrogens with one attached hydrogen (secondary N) is 1. The lowest BCUT2D eigenvalue weighted by atomic mass is 10.0. The number of aromatic amines is 1. The Kier molecular flexibility index (Phi) is 3.88. The van der Waals surface area contributed by atoms with Gasteiger partial charge >= 0.3 is 0 Å². The van der Waals surface area contributed by atoms with Gasteiger partial charge in [0, 0.05) is 5.75 Å². The van der Waals surface area contributed by atoms with Crippen molar-refractivity contribution in [3.8, 4) is 5.88 Å². The maximum Gasteiger partial charge on any atom is 0.262 e. The van der Waals surface area contributed by atoms with Gasteiger partial charge in [0.05, 0.1) is 0 Å². The van der Waals surface area contributed by atoms with Crippen molar-refractivity contribution in [2.45, 2.75) is 24.8 Å². The number of fused-ring (bicyclic) bond motifs is 1. The predicted molar refractivity (Wildman–Crippen MR) is 70.7 cm³/mol. The Hall–Kier alpha value is -1.53. The van der Waals surface area contributed by atoms with E-state index in [0.717, 1.165) is 5.57 Å². The van der Waals surface area contributed by atoms with Crippen LogP contribution in [0.25, 0.3) is 5.57 Å². The van der Waals surface area contributed by atoms with Crippen LogP contribution in [0.5, 0.6) is 5.88 Å². The van der Waals surface area contributed by atoms with Gasteiger partial charge in [0.2, 0.25) is 12.2 Å². The molecule has 1 aromatic rings. The van der Waals surface area contributed by atoms with Gasteiger partial charge in [-0.05, 0) is 18.1 Å². The number of thioether (sulfide) groups is 1. The molecule has 96 valence electrons. The molecule has 0 spiro atoms. The van der Waals surface area contributed by atoms with Gasteiger partial charge in [-0.3, -0.25) is 4.79 Å². The third kappa shape index (κ3) is 2.49. The molecule has 1 atom stereocenters. The first-order valence-electron chi connectivity index (χ1n) is 5.59. The summed E-state index contributed by atoms with van der Waals surface area (Å²) in [5, 5.41) is 10.0. The molecular formula is C12H14N2O3S. The molecule has 1 aromatic heterocycles. The highest BCUT2D eigenvalue weighted by Gasteiger charge is 2.23. The number of H-pyrrole nitrogens is 1. The first-order chi connectivity index (χ1) is 8.65. The SMILES string of the molecule is C=CCSc1nc2c(c(=O)[nH]1)C(CC)=CC(O)O2. The molecule has 6 heteroatoms. The van der Waals surface area contributed by atoms with E-state index in [2.05, 4.69) is 16.5 Å². The average molecular weight is 266 g/mol. The number of nitrogens with zero attached hydrogens (tertiary/aromatic N) is 1. The van der Waals surface area contributed by atoms with Crippen molar-refractivity contribution in [1.82, 2.24) is 9.97 Å². The maximum atomic E-state index is 12.0. The fourth-order valence-corrected chi connectivity index (χ4v) is 2.29. The van der Waals surface area contributed by atoms with Crippen molar-refractivity contribution >= 4 is 17.3 Å². The molecule has 1 unspecified atom stereocenters. The van der Waals surface area contributed by atoms with Crippen LogP contribution in [0.15, 0.2) is 28.7 Å². The van der Waals surface area contributed by atoms with Crippen LogP contribution in [-0.4, -0.2) is 27.1 Å². The van der Waals surface area contributed by atoms with Crippen LogP contribution in [0.2, 0.25) is 0 Å². The molecule has 0 saturated heterocycles. The minimum absolute atomic E-state index is 0.192. The van der Waals surface area contributed by atoms with Crippen LogP contribution in [-0.2, 0) is 0 Å². The van der Waals surface area contributed by atoms with Gasteiger partial charge < -0.3 is 14.8 Å². The van der Waals surface area contributed by atoms with Crippen LogP contribution in [0.3, 0.4) is 0 Å². The molecule has 0 amide bonds. The first-order valence-corrected chi connectivity index (χ1v) is 6.58. The number of allylic oxidation sites excluding steroid dienone is 1. The van der Waals surface area contributed by atoms with E-state index in [-0.39, 0.29) is 11.4 Å². The Morgan fingerprint density at radius 3 is 3.17 bits per heavy atom. The van der Waals surface area contributed by atoms with E-state index in [1.165, 1.54) is 17.8 Å². The fraction of sp³-hybridized carbons (Fsp3) is 0.333. The van der Waals surface area contributed by atoms with Gasteiger partial charge in [-0.2, -0.15) is 4.98 Å². The first kappa shape index (κ1) is 12.9. The van der Waals surface area contributed by atoms with Crippen LogP contribution in [0.4, 0.5) is 0 Å². The Bertz CT molecular complexity index is 551. The van der Waals surface area contributed by atoms with Crippen LogP contribution in [0.1, 0.15) is 18.9 Å². The molecule has 0 bridgehead atoms. The van der Waals surface area contributed by atoms with E-state index in [4.69, 9.17) is 4.74 Å². The van der Waals surface area contributed by atoms with Crippen molar-refractivity contribution in [3.63, 3.8) is 0 Å². The molecule has 0 fully saturated rings. The number of ether oxygens (including phenoxy) is 1. The summed E-state index contributed by atoms with van der Waals surface area (Å²) in [6, 6.07) is 0. The van der Waals surface area contributed by atoms with E-state index < -0.39 is 6.29 Å². The minimum Gasteiger partial charge on any atom is -0.443 e. The predicted octanol–water partition coefficient (Wildman–Crippen LogP) is 1.55. The monoisotopic (exact) mass is 266 g/mol. The van der Waals surface area contributed by atoms with Crippen LogP contribution >= 0.6 is 11.8 Å². The summed E-state index contributed by atoms with van der Waals surface area (Å²) in [6.45, 7) is 5.51. The summed E-state index contributed by atoms with van der Waals surface area (Å²) < 4.78 is 5.17. The highest BCUT2D eigenvalue weighted by molar-refractivity contribution is 7.99. The lowest BCUT2D eigenvalue weighted by Gasteiger charge is -2.20. The van der Waals surface area contributed by atoms with Gasteiger partial charge in [0.25, 0.3) is 5.56 Å². The van der Waals surface area contributed by atoms with E-state index in [0.29, 0.717) is 22.9 Å². The number of hydrogen-bond acceptors (Lipinski definition) is 5. The van der Waals surface area contributed by atoms with Gasteiger partial charge in [-0.25, -0.2) is 0 Å². The van der Waals surface area contributed by atoms with E-state index in [1.54, 1.807) is 6.08 Å². The van der Waals surface area contributed by atoms with Gasteiger partial charge in [0.1, 0.15) is 5.56 Å². The number of rotatable bonds is 4. The highest BCUT2D eigenvalue weighted by Crippen LogP contribution is 2.29. The van der Waals surface area contributed by atoms with Crippen molar-refractivity contribution in [2.24, 2.45) is 0 Å². The second kappa shape index (κ2) is 5.41. The Balaban J connectivity index is 2.45. The van der Waals surface area contributed by atoms with E-state index >= 15 is 0 Å². The molecule has 18 heavy (non-hydrogen) atoms. The summed E-state index contributed by atoms with van der Waals surface area (Å²) >= 11 is 1.35. The zero-order valence-corrected chi connectivity index (χ0v) is 10.8. The Labute approximate surface area is 109 Å². The van der Waals surface area contributed by atoms with Crippen LogP contribution < -0.4 is 10.3 Å². The fourth-order valence-electron chi connectivity index (χ4n) is 1.71. The lowest BCUT2D eigenvalue weighted by molar-refractivity contribution is 0.0177. The largest absolute Gasteiger partial charge is 0.443 e. The third-order valence-corrected chi connectivity index (χ3v) is 3.35. The lowest BCUT2D eigenvalue weighted by Crippen LogP contribution is -2.25. The zero-order chi connectivity index (χ0) is 13.1. The Morgan fingerprint density at radius 1 is 1.72 bits per heavy atom.